The second kappa shape index (κ2) is 8.48. The monoisotopic (exact) mass is 433 g/mol. The molecule has 2 aromatic heterocycles. The highest BCUT2D eigenvalue weighted by Crippen LogP contribution is 2.24. The molecule has 1 aromatic carbocycles. The Balaban J connectivity index is 1.70. The van der Waals surface area contributed by atoms with Crippen LogP contribution in [0.15, 0.2) is 51.1 Å². The maximum absolute atomic E-state index is 12.6. The van der Waals surface area contributed by atoms with E-state index in [1.165, 1.54) is 34.8 Å². The number of furan rings is 1. The van der Waals surface area contributed by atoms with Crippen molar-refractivity contribution in [3.8, 4) is 11.5 Å². The van der Waals surface area contributed by atoms with Gasteiger partial charge in [0.2, 0.25) is 10.0 Å². The Hall–Kier alpha value is -2.49. The molecule has 0 aliphatic heterocycles. The van der Waals surface area contributed by atoms with Crippen LogP contribution < -0.4 is 5.32 Å². The summed E-state index contributed by atoms with van der Waals surface area (Å²) in [5, 5.41) is 5.62. The van der Waals surface area contributed by atoms with Crippen LogP contribution in [0.2, 0.25) is 0 Å². The van der Waals surface area contributed by atoms with E-state index in [0.717, 1.165) is 10.7 Å². The number of nitrogens with one attached hydrogen (secondary N) is 1. The molecule has 1 amide bonds. The Labute approximate surface area is 174 Å². The first kappa shape index (κ1) is 21.2. The number of aryl methyl sites for hydroxylation is 1. The second-order valence-corrected chi connectivity index (χ2v) is 9.90. The fourth-order valence-corrected chi connectivity index (χ4v) is 4.61. The summed E-state index contributed by atoms with van der Waals surface area (Å²) >= 11 is 1.54. The third-order valence-corrected chi connectivity index (χ3v) is 7.26. The topological polar surface area (TPSA) is 92.5 Å². The summed E-state index contributed by atoms with van der Waals surface area (Å²) in [7, 11) is -2.14. The summed E-state index contributed by atoms with van der Waals surface area (Å²) in [6.07, 6.45) is 0. The molecule has 0 saturated heterocycles. The minimum atomic E-state index is -3.66. The van der Waals surface area contributed by atoms with Crippen LogP contribution in [0.5, 0.6) is 0 Å². The summed E-state index contributed by atoms with van der Waals surface area (Å²) in [5.41, 5.74) is 1.03. The molecular formula is C20H23N3O4S2. The Morgan fingerprint density at radius 1 is 1.28 bits per heavy atom. The van der Waals surface area contributed by atoms with Gasteiger partial charge in [-0.1, -0.05) is 6.07 Å². The van der Waals surface area contributed by atoms with Gasteiger partial charge in [0.25, 0.3) is 5.91 Å². The number of rotatable bonds is 7. The fourth-order valence-electron chi connectivity index (χ4n) is 2.60. The number of sulfonamides is 1. The molecule has 0 fully saturated rings. The van der Waals surface area contributed by atoms with Gasteiger partial charge in [-0.05, 0) is 51.1 Å². The molecule has 29 heavy (non-hydrogen) atoms. The highest BCUT2D eigenvalue weighted by atomic mass is 32.2. The smallest absolute Gasteiger partial charge is 0.251 e. The molecule has 3 rings (SSSR count). The minimum absolute atomic E-state index is 0.0838. The van der Waals surface area contributed by atoms with Crippen molar-refractivity contribution in [1.29, 1.82) is 0 Å². The SMILES string of the molecule is Cc1nc(-c2ccc(CNC(=O)c3cccc(S(=O)(=O)N(C)C(C)C)c3)o2)cs1. The van der Waals surface area contributed by atoms with Gasteiger partial charge in [-0.15, -0.1) is 11.3 Å². The molecule has 1 N–H and O–H groups in total. The molecule has 0 unspecified atom stereocenters. The molecule has 2 heterocycles. The van der Waals surface area contributed by atoms with Crippen molar-refractivity contribution in [2.24, 2.45) is 0 Å². The minimum Gasteiger partial charge on any atom is -0.458 e. The van der Waals surface area contributed by atoms with Crippen LogP contribution >= 0.6 is 11.3 Å². The molecule has 0 saturated carbocycles. The van der Waals surface area contributed by atoms with Crippen molar-refractivity contribution in [2.45, 2.75) is 38.3 Å². The van der Waals surface area contributed by atoms with Gasteiger partial charge in [0, 0.05) is 24.0 Å². The lowest BCUT2D eigenvalue weighted by Crippen LogP contribution is -2.33. The number of carbonyl (C=O) groups is 1. The van der Waals surface area contributed by atoms with Gasteiger partial charge in [-0.2, -0.15) is 4.31 Å². The van der Waals surface area contributed by atoms with E-state index in [9.17, 15) is 13.2 Å². The molecule has 7 nitrogen and oxygen atoms in total. The summed E-state index contributed by atoms with van der Waals surface area (Å²) < 4.78 is 32.3. The molecule has 0 bridgehead atoms. The van der Waals surface area contributed by atoms with Crippen molar-refractivity contribution in [1.82, 2.24) is 14.6 Å². The molecule has 3 aromatic rings. The van der Waals surface area contributed by atoms with E-state index in [4.69, 9.17) is 4.42 Å². The summed E-state index contributed by atoms with van der Waals surface area (Å²) in [6, 6.07) is 9.41. The fraction of sp³-hybridized carbons (Fsp3) is 0.300. The zero-order valence-corrected chi connectivity index (χ0v) is 18.3. The van der Waals surface area contributed by atoms with E-state index in [2.05, 4.69) is 10.3 Å². The van der Waals surface area contributed by atoms with E-state index in [-0.39, 0.29) is 29.0 Å². The van der Waals surface area contributed by atoms with Crippen molar-refractivity contribution >= 4 is 27.3 Å². The Bertz CT molecular complexity index is 1120. The number of thiazole rings is 1. The van der Waals surface area contributed by atoms with E-state index in [0.29, 0.717) is 11.5 Å². The van der Waals surface area contributed by atoms with Crippen molar-refractivity contribution < 1.29 is 17.6 Å². The molecular weight excluding hydrogens is 410 g/mol. The summed E-state index contributed by atoms with van der Waals surface area (Å²) in [6.45, 7) is 5.69. The lowest BCUT2D eigenvalue weighted by molar-refractivity contribution is 0.0948. The number of hydrogen-bond acceptors (Lipinski definition) is 6. The first-order valence-electron chi connectivity index (χ1n) is 9.06. The molecule has 0 aliphatic rings. The van der Waals surface area contributed by atoms with Gasteiger partial charge in [0.1, 0.15) is 11.5 Å². The van der Waals surface area contributed by atoms with Gasteiger partial charge in [0.15, 0.2) is 5.76 Å². The van der Waals surface area contributed by atoms with Crippen molar-refractivity contribution in [3.05, 3.63) is 58.1 Å². The lowest BCUT2D eigenvalue weighted by Gasteiger charge is -2.21. The molecule has 0 aliphatic carbocycles. The molecule has 0 atom stereocenters. The van der Waals surface area contributed by atoms with Gasteiger partial charge in [0.05, 0.1) is 16.4 Å². The third-order valence-electron chi connectivity index (χ3n) is 4.46. The highest BCUT2D eigenvalue weighted by molar-refractivity contribution is 7.89. The molecule has 0 spiro atoms. The number of benzene rings is 1. The number of nitrogens with zero attached hydrogens (tertiary/aromatic N) is 2. The quantitative estimate of drug-likeness (QED) is 0.614. The first-order chi connectivity index (χ1) is 13.7. The van der Waals surface area contributed by atoms with Crippen molar-refractivity contribution in [3.63, 3.8) is 0 Å². The Kier molecular flexibility index (Phi) is 6.21. The van der Waals surface area contributed by atoms with Crippen LogP contribution in [0.4, 0.5) is 0 Å². The van der Waals surface area contributed by atoms with Crippen LogP contribution in [0.1, 0.15) is 35.0 Å². The van der Waals surface area contributed by atoms with Crippen LogP contribution in [0, 0.1) is 6.92 Å². The normalized spacial score (nSPS) is 11.9. The third kappa shape index (κ3) is 4.75. The van der Waals surface area contributed by atoms with Gasteiger partial charge < -0.3 is 9.73 Å². The van der Waals surface area contributed by atoms with Gasteiger partial charge >= 0.3 is 0 Å². The second-order valence-electron chi connectivity index (χ2n) is 6.84. The Morgan fingerprint density at radius 3 is 2.69 bits per heavy atom. The predicted octanol–water partition coefficient (Wildman–Crippen LogP) is 3.67. The van der Waals surface area contributed by atoms with Crippen molar-refractivity contribution in [2.75, 3.05) is 7.05 Å². The maximum atomic E-state index is 12.6. The van der Waals surface area contributed by atoms with E-state index in [1.807, 2.05) is 18.4 Å². The number of hydrogen-bond donors (Lipinski definition) is 1. The average Bonchev–Trinajstić information content (AvgIpc) is 3.34. The van der Waals surface area contributed by atoms with Crippen LogP contribution in [0.3, 0.4) is 0 Å². The largest absolute Gasteiger partial charge is 0.458 e. The number of carbonyl (C=O) groups excluding carboxylic acids is 1. The van der Waals surface area contributed by atoms with Crippen LogP contribution in [-0.2, 0) is 16.6 Å². The summed E-state index contributed by atoms with van der Waals surface area (Å²) in [5.74, 6) is 0.849. The first-order valence-corrected chi connectivity index (χ1v) is 11.4. The zero-order chi connectivity index (χ0) is 21.2. The van der Waals surface area contributed by atoms with Gasteiger partial charge in [-0.3, -0.25) is 4.79 Å². The zero-order valence-electron chi connectivity index (χ0n) is 16.7. The summed E-state index contributed by atoms with van der Waals surface area (Å²) in [4.78, 5) is 17.0. The number of aromatic nitrogens is 1. The lowest BCUT2D eigenvalue weighted by atomic mass is 10.2. The average molecular weight is 434 g/mol. The van der Waals surface area contributed by atoms with E-state index < -0.39 is 10.0 Å². The molecule has 9 heteroatoms. The molecule has 154 valence electrons. The highest BCUT2D eigenvalue weighted by Gasteiger charge is 2.24. The van der Waals surface area contributed by atoms with Crippen LogP contribution in [-0.4, -0.2) is 36.7 Å². The Morgan fingerprint density at radius 2 is 2.03 bits per heavy atom. The maximum Gasteiger partial charge on any atom is 0.251 e. The van der Waals surface area contributed by atoms with Gasteiger partial charge in [-0.25, -0.2) is 13.4 Å². The van der Waals surface area contributed by atoms with E-state index >= 15 is 0 Å². The van der Waals surface area contributed by atoms with E-state index in [1.54, 1.807) is 32.0 Å². The number of amides is 1. The molecule has 0 radical (unpaired) electrons. The predicted molar refractivity (Wildman–Crippen MR) is 112 cm³/mol. The standard InChI is InChI=1S/C20H23N3O4S2/c1-13(2)23(4)29(25,26)17-7-5-6-15(10-17)20(24)21-11-16-8-9-19(27-16)18-12-28-14(3)22-18/h5-10,12-13H,11H2,1-4H3,(H,21,24). The van der Waals surface area contributed by atoms with Crippen LogP contribution in [0.25, 0.3) is 11.5 Å².